The minimum Gasteiger partial charge on any atom is -0.300 e. The van der Waals surface area contributed by atoms with Crippen molar-refractivity contribution in [2.75, 3.05) is 6.61 Å². The third-order valence-electron chi connectivity index (χ3n) is 1.03. The Kier molecular flexibility index (Phi) is 1.08. The van der Waals surface area contributed by atoms with Gasteiger partial charge in [0.2, 0.25) is 0 Å². The standard InChI is InChI=1S/C4H9NO/c1-2-4-3-6-5-4/h4-5H,2-3H2,1H3. The van der Waals surface area contributed by atoms with Crippen LogP contribution >= 0.6 is 0 Å². The molecule has 0 aromatic rings. The molecule has 0 spiro atoms. The van der Waals surface area contributed by atoms with Crippen LogP contribution in [-0.4, -0.2) is 12.6 Å². The molecule has 1 heterocycles. The summed E-state index contributed by atoms with van der Waals surface area (Å²) in [4.78, 5) is 4.68. The van der Waals surface area contributed by atoms with E-state index in [-0.39, 0.29) is 0 Å². The van der Waals surface area contributed by atoms with E-state index in [4.69, 9.17) is 0 Å². The van der Waals surface area contributed by atoms with Gasteiger partial charge in [-0.1, -0.05) is 6.92 Å². The maximum Gasteiger partial charge on any atom is 0.0858 e. The second-order valence-corrected chi connectivity index (χ2v) is 1.53. The van der Waals surface area contributed by atoms with Crippen LogP contribution < -0.4 is 5.48 Å². The fourth-order valence-electron chi connectivity index (χ4n) is 0.402. The van der Waals surface area contributed by atoms with Crippen LogP contribution in [0.4, 0.5) is 0 Å². The Bertz CT molecular complexity index is 40.1. The molecule has 1 N–H and O–H groups in total. The van der Waals surface area contributed by atoms with Crippen molar-refractivity contribution in [2.24, 2.45) is 0 Å². The average Bonchev–Trinajstić information content (AvgIpc) is 1.31. The Morgan fingerprint density at radius 1 is 2.00 bits per heavy atom. The third-order valence-corrected chi connectivity index (χ3v) is 1.03. The fourth-order valence-corrected chi connectivity index (χ4v) is 0.402. The van der Waals surface area contributed by atoms with E-state index in [1.807, 2.05) is 0 Å². The first-order chi connectivity index (χ1) is 2.93. The van der Waals surface area contributed by atoms with Crippen LogP contribution in [0.25, 0.3) is 0 Å². The van der Waals surface area contributed by atoms with E-state index in [9.17, 15) is 0 Å². The summed E-state index contributed by atoms with van der Waals surface area (Å²) >= 11 is 0. The molecule has 6 heavy (non-hydrogen) atoms. The van der Waals surface area contributed by atoms with E-state index in [0.717, 1.165) is 6.61 Å². The van der Waals surface area contributed by atoms with Crippen LogP contribution in [0.15, 0.2) is 0 Å². The highest BCUT2D eigenvalue weighted by Crippen LogP contribution is 1.98. The zero-order chi connectivity index (χ0) is 4.41. The van der Waals surface area contributed by atoms with Gasteiger partial charge >= 0.3 is 0 Å². The van der Waals surface area contributed by atoms with Gasteiger partial charge in [0.05, 0.1) is 12.6 Å². The summed E-state index contributed by atoms with van der Waals surface area (Å²) in [6, 6.07) is 0.644. The minimum absolute atomic E-state index is 0.644. The van der Waals surface area contributed by atoms with Crippen LogP contribution in [0.2, 0.25) is 0 Å². The van der Waals surface area contributed by atoms with Crippen molar-refractivity contribution >= 4 is 0 Å². The average molecular weight is 87.1 g/mol. The van der Waals surface area contributed by atoms with Crippen LogP contribution in [0, 0.1) is 0 Å². The van der Waals surface area contributed by atoms with Gasteiger partial charge in [-0.2, -0.15) is 5.48 Å². The van der Waals surface area contributed by atoms with E-state index in [1.54, 1.807) is 0 Å². The van der Waals surface area contributed by atoms with Gasteiger partial charge in [-0.05, 0) is 6.42 Å². The van der Waals surface area contributed by atoms with Gasteiger partial charge in [0, 0.05) is 0 Å². The van der Waals surface area contributed by atoms with E-state index in [2.05, 4.69) is 17.2 Å². The van der Waals surface area contributed by atoms with Gasteiger partial charge in [0.15, 0.2) is 0 Å². The maximum absolute atomic E-state index is 4.68. The van der Waals surface area contributed by atoms with Crippen molar-refractivity contribution < 1.29 is 4.84 Å². The molecule has 0 aromatic carbocycles. The van der Waals surface area contributed by atoms with E-state index < -0.39 is 0 Å². The largest absolute Gasteiger partial charge is 0.300 e. The molecule has 2 heteroatoms. The summed E-state index contributed by atoms with van der Waals surface area (Å²) in [6.45, 7) is 3.04. The summed E-state index contributed by atoms with van der Waals surface area (Å²) in [6.07, 6.45) is 1.18. The normalized spacial score (nSPS) is 32.5. The quantitative estimate of drug-likeness (QED) is 0.496. The first kappa shape index (κ1) is 4.09. The third kappa shape index (κ3) is 0.533. The van der Waals surface area contributed by atoms with Gasteiger partial charge in [-0.25, -0.2) is 0 Å². The molecule has 36 valence electrons. The highest BCUT2D eigenvalue weighted by Gasteiger charge is 2.13. The van der Waals surface area contributed by atoms with E-state index >= 15 is 0 Å². The summed E-state index contributed by atoms with van der Waals surface area (Å²) in [7, 11) is 0. The lowest BCUT2D eigenvalue weighted by Crippen LogP contribution is -2.45. The van der Waals surface area contributed by atoms with Crippen LogP contribution in [-0.2, 0) is 4.84 Å². The Labute approximate surface area is 37.4 Å². The second-order valence-electron chi connectivity index (χ2n) is 1.53. The second kappa shape index (κ2) is 1.58. The first-order valence-corrected chi connectivity index (χ1v) is 2.31. The molecular formula is C4H9NO. The molecular weight excluding hydrogens is 78.0 g/mol. The molecule has 0 bridgehead atoms. The topological polar surface area (TPSA) is 21.3 Å². The smallest absolute Gasteiger partial charge is 0.0858 e. The molecule has 0 amide bonds. The summed E-state index contributed by atoms with van der Waals surface area (Å²) in [5.74, 6) is 0. The molecule has 0 saturated carbocycles. The SMILES string of the molecule is CCC1CON1. The molecule has 1 atom stereocenters. The molecule has 0 radical (unpaired) electrons. The van der Waals surface area contributed by atoms with Crippen LogP contribution in [0.1, 0.15) is 13.3 Å². The number of hydroxylamine groups is 1. The van der Waals surface area contributed by atoms with Crippen LogP contribution in [0.5, 0.6) is 0 Å². The summed E-state index contributed by atoms with van der Waals surface area (Å²) in [5.41, 5.74) is 2.80. The van der Waals surface area contributed by atoms with Gasteiger partial charge < -0.3 is 0 Å². The Hall–Kier alpha value is -0.0800. The predicted molar refractivity (Wildman–Crippen MR) is 23.2 cm³/mol. The van der Waals surface area contributed by atoms with Crippen molar-refractivity contribution in [3.63, 3.8) is 0 Å². The van der Waals surface area contributed by atoms with Gasteiger partial charge in [0.25, 0.3) is 0 Å². The van der Waals surface area contributed by atoms with E-state index in [0.29, 0.717) is 6.04 Å². The highest BCUT2D eigenvalue weighted by atomic mass is 16.7. The molecule has 2 nitrogen and oxygen atoms in total. The van der Waals surface area contributed by atoms with Crippen LogP contribution in [0.3, 0.4) is 0 Å². The van der Waals surface area contributed by atoms with E-state index in [1.165, 1.54) is 6.42 Å². The number of nitrogens with one attached hydrogen (secondary N) is 1. The molecule has 1 saturated heterocycles. The molecule has 1 unspecified atom stereocenters. The zero-order valence-corrected chi connectivity index (χ0v) is 3.90. The summed E-state index contributed by atoms with van der Waals surface area (Å²) in [5, 5.41) is 0. The number of rotatable bonds is 1. The molecule has 1 aliphatic rings. The van der Waals surface area contributed by atoms with Crippen molar-refractivity contribution in [3.05, 3.63) is 0 Å². The predicted octanol–water partition coefficient (Wildman–Crippen LogP) is 0.300. The highest BCUT2D eigenvalue weighted by molar-refractivity contribution is 4.63. The van der Waals surface area contributed by atoms with Gasteiger partial charge in [0.1, 0.15) is 0 Å². The number of hydrogen-bond donors (Lipinski definition) is 1. The lowest BCUT2D eigenvalue weighted by atomic mass is 10.2. The molecule has 0 aliphatic carbocycles. The first-order valence-electron chi connectivity index (χ1n) is 2.31. The lowest BCUT2D eigenvalue weighted by Gasteiger charge is -2.25. The Morgan fingerprint density at radius 3 is 2.67 bits per heavy atom. The van der Waals surface area contributed by atoms with Gasteiger partial charge in [-0.3, -0.25) is 4.84 Å². The Morgan fingerprint density at radius 2 is 2.67 bits per heavy atom. The van der Waals surface area contributed by atoms with Crippen molar-refractivity contribution in [2.45, 2.75) is 19.4 Å². The minimum atomic E-state index is 0.644. The molecule has 1 fully saturated rings. The lowest BCUT2D eigenvalue weighted by molar-refractivity contribution is -0.0983. The summed E-state index contributed by atoms with van der Waals surface area (Å²) < 4.78 is 0. The maximum atomic E-state index is 4.68. The molecule has 1 aliphatic heterocycles. The van der Waals surface area contributed by atoms with Crippen molar-refractivity contribution in [3.8, 4) is 0 Å². The molecule has 0 aromatic heterocycles. The van der Waals surface area contributed by atoms with Gasteiger partial charge in [-0.15, -0.1) is 0 Å². The Balaban J connectivity index is 2.01. The zero-order valence-electron chi connectivity index (χ0n) is 3.90. The molecule has 1 rings (SSSR count). The fraction of sp³-hybridized carbons (Fsp3) is 1.00. The number of hydrogen-bond acceptors (Lipinski definition) is 2. The monoisotopic (exact) mass is 87.1 g/mol. The van der Waals surface area contributed by atoms with Crippen molar-refractivity contribution in [1.29, 1.82) is 0 Å². The van der Waals surface area contributed by atoms with Crippen molar-refractivity contribution in [1.82, 2.24) is 5.48 Å².